The van der Waals surface area contributed by atoms with E-state index in [0.29, 0.717) is 0 Å². The van der Waals surface area contributed by atoms with Crippen molar-refractivity contribution in [3.63, 3.8) is 0 Å². The van der Waals surface area contributed by atoms with Gasteiger partial charge in [0.25, 0.3) is 0 Å². The lowest BCUT2D eigenvalue weighted by Gasteiger charge is -2.23. The molecule has 0 aromatic carbocycles. The maximum Gasteiger partial charge on any atom is 0.331 e. The Morgan fingerprint density at radius 1 is 0.289 bits per heavy atom. The van der Waals surface area contributed by atoms with E-state index in [1.165, 1.54) is 186 Å². The Morgan fingerprint density at radius 2 is 0.474 bits per heavy atom. The molecular weight excluding hydrogens is 480 g/mol. The van der Waals surface area contributed by atoms with Gasteiger partial charge >= 0.3 is 8.56 Å². The Hall–Kier alpha value is 0.137. The minimum absolute atomic E-state index is 0.897. The van der Waals surface area contributed by atoms with Crippen molar-refractivity contribution in [2.24, 2.45) is 0 Å². The lowest BCUT2D eigenvalue weighted by molar-refractivity contribution is 0.172. The van der Waals surface area contributed by atoms with Crippen molar-refractivity contribution in [3.8, 4) is 0 Å². The first kappa shape index (κ1) is 38.1. The Labute approximate surface area is 243 Å². The first-order valence-electron chi connectivity index (χ1n) is 17.9. The van der Waals surface area contributed by atoms with E-state index >= 15 is 0 Å². The van der Waals surface area contributed by atoms with E-state index in [-0.39, 0.29) is 0 Å². The van der Waals surface area contributed by atoms with E-state index in [4.69, 9.17) is 8.85 Å². The molecule has 0 saturated heterocycles. The molecular formula is C35H74O2Si. The molecule has 0 atom stereocenters. The van der Waals surface area contributed by atoms with Crippen LogP contribution in [-0.4, -0.2) is 21.8 Å². The van der Waals surface area contributed by atoms with Gasteiger partial charge in [-0.25, -0.2) is 0 Å². The predicted octanol–water partition coefficient (Wildman–Crippen LogP) is 13.1. The molecule has 0 aromatic rings. The molecule has 0 rings (SSSR count). The highest BCUT2D eigenvalue weighted by Gasteiger charge is 2.23. The van der Waals surface area contributed by atoms with Crippen LogP contribution in [0.25, 0.3) is 0 Å². The van der Waals surface area contributed by atoms with E-state index in [2.05, 4.69) is 26.9 Å². The maximum atomic E-state index is 6.17. The number of rotatable bonds is 33. The van der Waals surface area contributed by atoms with Gasteiger partial charge in [-0.2, -0.15) is 0 Å². The second-order valence-electron chi connectivity index (χ2n) is 12.6. The van der Waals surface area contributed by atoms with E-state index in [9.17, 15) is 0 Å². The molecule has 0 bridgehead atoms. The zero-order valence-corrected chi connectivity index (χ0v) is 28.2. The lowest BCUT2D eigenvalue weighted by Crippen LogP contribution is -2.35. The summed E-state index contributed by atoms with van der Waals surface area (Å²) in [6.45, 7) is 10.8. The fraction of sp³-hybridized carbons (Fsp3) is 1.00. The van der Waals surface area contributed by atoms with E-state index in [1.807, 2.05) is 0 Å². The fourth-order valence-corrected chi connectivity index (χ4v) is 6.80. The van der Waals surface area contributed by atoms with Crippen LogP contribution in [0, 0.1) is 0 Å². The highest BCUT2D eigenvalue weighted by atomic mass is 28.4. The zero-order valence-electron chi connectivity index (χ0n) is 27.2. The molecule has 0 fully saturated rings. The summed E-state index contributed by atoms with van der Waals surface area (Å²) in [5.41, 5.74) is 0. The Morgan fingerprint density at radius 3 is 0.684 bits per heavy atom. The first-order valence-corrected chi connectivity index (χ1v) is 20.7. The van der Waals surface area contributed by atoms with Gasteiger partial charge in [-0.3, -0.25) is 0 Å². The molecule has 0 spiro atoms. The molecule has 2 nitrogen and oxygen atoms in total. The molecule has 0 aromatic heterocycles. The third-order valence-corrected chi connectivity index (χ3v) is 9.94. The lowest BCUT2D eigenvalue weighted by atomic mass is 10.0. The van der Waals surface area contributed by atoms with Gasteiger partial charge in [0.1, 0.15) is 0 Å². The maximum absolute atomic E-state index is 6.17. The van der Waals surface area contributed by atoms with Gasteiger partial charge in [0, 0.05) is 13.2 Å². The molecule has 0 unspecified atom stereocenters. The third-order valence-electron chi connectivity index (χ3n) is 8.15. The smallest absolute Gasteiger partial charge is 0.331 e. The normalized spacial score (nSPS) is 12.0. The highest BCUT2D eigenvalue weighted by Crippen LogP contribution is 2.16. The summed E-state index contributed by atoms with van der Waals surface area (Å²) in [4.78, 5) is 0. The van der Waals surface area contributed by atoms with Gasteiger partial charge in [-0.1, -0.05) is 187 Å². The van der Waals surface area contributed by atoms with Crippen LogP contribution in [0.15, 0.2) is 0 Å². The van der Waals surface area contributed by atoms with Crippen LogP contribution in [0.2, 0.25) is 13.1 Å². The van der Waals surface area contributed by atoms with Crippen molar-refractivity contribution < 1.29 is 8.85 Å². The fourth-order valence-electron chi connectivity index (χ4n) is 5.45. The molecule has 0 aliphatic rings. The number of hydrogen-bond donors (Lipinski definition) is 0. The molecule has 3 heteroatoms. The summed E-state index contributed by atoms with van der Waals surface area (Å²) in [5, 5.41) is 0. The van der Waals surface area contributed by atoms with Crippen molar-refractivity contribution in [2.75, 3.05) is 13.2 Å². The molecule has 0 aliphatic heterocycles. The molecule has 0 amide bonds. The Kier molecular flexibility index (Phi) is 31.8. The van der Waals surface area contributed by atoms with E-state index in [0.717, 1.165) is 13.2 Å². The highest BCUT2D eigenvalue weighted by molar-refractivity contribution is 6.64. The molecule has 0 heterocycles. The SMILES string of the molecule is CCCCCCCCCCCCCCCCCCCCCCO[Si](C)(C)OCCCCCCCCCCC. The van der Waals surface area contributed by atoms with Crippen LogP contribution in [-0.2, 0) is 8.85 Å². The van der Waals surface area contributed by atoms with Gasteiger partial charge in [-0.05, 0) is 25.9 Å². The largest absolute Gasteiger partial charge is 0.395 e. The summed E-state index contributed by atoms with van der Waals surface area (Å²) in [6, 6.07) is 0. The van der Waals surface area contributed by atoms with Crippen molar-refractivity contribution >= 4 is 8.56 Å². The second kappa shape index (κ2) is 31.7. The van der Waals surface area contributed by atoms with Gasteiger partial charge < -0.3 is 8.85 Å². The first-order chi connectivity index (χ1) is 18.6. The Bertz CT molecular complexity index is 426. The Balaban J connectivity index is 3.23. The van der Waals surface area contributed by atoms with Crippen molar-refractivity contribution in [1.82, 2.24) is 0 Å². The summed E-state index contributed by atoms with van der Waals surface area (Å²) < 4.78 is 12.3. The van der Waals surface area contributed by atoms with Gasteiger partial charge in [-0.15, -0.1) is 0 Å². The molecule has 38 heavy (non-hydrogen) atoms. The summed E-state index contributed by atoms with van der Waals surface area (Å²) in [5.74, 6) is 0. The molecule has 230 valence electrons. The average molecular weight is 555 g/mol. The predicted molar refractivity (Wildman–Crippen MR) is 175 cm³/mol. The summed E-state index contributed by atoms with van der Waals surface area (Å²) >= 11 is 0. The average Bonchev–Trinajstić information content (AvgIpc) is 2.90. The van der Waals surface area contributed by atoms with E-state index in [1.54, 1.807) is 0 Å². The summed E-state index contributed by atoms with van der Waals surface area (Å²) in [7, 11) is -1.91. The van der Waals surface area contributed by atoms with Crippen LogP contribution in [0.4, 0.5) is 0 Å². The molecule has 0 aliphatic carbocycles. The van der Waals surface area contributed by atoms with Crippen LogP contribution in [0.3, 0.4) is 0 Å². The molecule has 0 saturated carbocycles. The monoisotopic (exact) mass is 555 g/mol. The van der Waals surface area contributed by atoms with Crippen molar-refractivity contribution in [1.29, 1.82) is 0 Å². The van der Waals surface area contributed by atoms with Crippen molar-refractivity contribution in [3.05, 3.63) is 0 Å². The number of hydrogen-bond acceptors (Lipinski definition) is 2. The molecule has 0 N–H and O–H groups in total. The molecule has 0 radical (unpaired) electrons. The van der Waals surface area contributed by atoms with Gasteiger partial charge in [0.05, 0.1) is 0 Å². The van der Waals surface area contributed by atoms with Gasteiger partial charge in [0.2, 0.25) is 0 Å². The van der Waals surface area contributed by atoms with E-state index < -0.39 is 8.56 Å². The van der Waals surface area contributed by atoms with Gasteiger partial charge in [0.15, 0.2) is 0 Å². The van der Waals surface area contributed by atoms with Crippen molar-refractivity contribution in [2.45, 2.75) is 213 Å². The van der Waals surface area contributed by atoms with Crippen LogP contribution in [0.1, 0.15) is 200 Å². The third kappa shape index (κ3) is 32.3. The topological polar surface area (TPSA) is 18.5 Å². The van der Waals surface area contributed by atoms with Crippen LogP contribution < -0.4 is 0 Å². The van der Waals surface area contributed by atoms with Crippen LogP contribution in [0.5, 0.6) is 0 Å². The van der Waals surface area contributed by atoms with Crippen LogP contribution >= 0.6 is 0 Å². The standard InChI is InChI=1S/C35H74O2Si/c1-5-7-9-11-13-15-16-17-18-19-20-21-22-23-24-25-27-29-31-33-35-37-38(3,4)36-34-32-30-28-26-14-12-10-8-6-2/h5-35H2,1-4H3. The quantitative estimate of drug-likeness (QED) is 0.0593. The second-order valence-corrected chi connectivity index (χ2v) is 16.0. The number of unbranched alkanes of at least 4 members (excludes halogenated alkanes) is 27. The summed E-state index contributed by atoms with van der Waals surface area (Å²) in [6.07, 6.45) is 41.0. The minimum Gasteiger partial charge on any atom is -0.395 e. The zero-order chi connectivity index (χ0) is 27.8. The minimum atomic E-state index is -1.91.